The molecule has 3 aromatic rings. The van der Waals surface area contributed by atoms with E-state index in [9.17, 15) is 4.79 Å². The number of aromatic nitrogens is 2. The zero-order valence-corrected chi connectivity index (χ0v) is 13.1. The van der Waals surface area contributed by atoms with Crippen LogP contribution in [0.4, 0.5) is 0 Å². The van der Waals surface area contributed by atoms with Crippen LogP contribution in [0.25, 0.3) is 5.69 Å². The molecule has 120 valence electrons. The number of para-hydroxylation sites is 1. The second-order valence-corrected chi connectivity index (χ2v) is 5.74. The van der Waals surface area contributed by atoms with Crippen LogP contribution in [-0.2, 0) is 11.3 Å². The highest BCUT2D eigenvalue weighted by atomic mass is 16.5. The van der Waals surface area contributed by atoms with Gasteiger partial charge in [0.1, 0.15) is 18.3 Å². The summed E-state index contributed by atoms with van der Waals surface area (Å²) in [7, 11) is 0. The molecule has 1 aliphatic heterocycles. The Balaban J connectivity index is 1.39. The minimum absolute atomic E-state index is 0.00361. The summed E-state index contributed by atoms with van der Waals surface area (Å²) in [6.07, 6.45) is 3.64. The SMILES string of the molecule is O=C(NCc1ccc(-n2cccn2)cc1)[C@@H]1COc2ccccc21. The maximum atomic E-state index is 12.4. The molecule has 0 spiro atoms. The van der Waals surface area contributed by atoms with Crippen molar-refractivity contribution in [3.05, 3.63) is 78.1 Å². The molecule has 5 heteroatoms. The predicted octanol–water partition coefficient (Wildman–Crippen LogP) is 2.66. The number of nitrogens with zero attached hydrogens (tertiary/aromatic N) is 2. The topological polar surface area (TPSA) is 56.2 Å². The largest absolute Gasteiger partial charge is 0.492 e. The number of amides is 1. The van der Waals surface area contributed by atoms with Crippen LogP contribution in [-0.4, -0.2) is 22.3 Å². The average molecular weight is 319 g/mol. The molecule has 0 unspecified atom stereocenters. The van der Waals surface area contributed by atoms with Gasteiger partial charge in [0.15, 0.2) is 0 Å². The Labute approximate surface area is 139 Å². The summed E-state index contributed by atoms with van der Waals surface area (Å²) in [4.78, 5) is 12.4. The summed E-state index contributed by atoms with van der Waals surface area (Å²) in [6, 6.07) is 17.6. The molecule has 2 heterocycles. The molecule has 0 saturated heterocycles. The van der Waals surface area contributed by atoms with Crippen LogP contribution < -0.4 is 10.1 Å². The third-order valence-electron chi connectivity index (χ3n) is 4.19. The summed E-state index contributed by atoms with van der Waals surface area (Å²) in [6.45, 7) is 0.903. The Kier molecular flexibility index (Phi) is 3.75. The number of rotatable bonds is 4. The van der Waals surface area contributed by atoms with Crippen molar-refractivity contribution >= 4 is 5.91 Å². The fraction of sp³-hybridized carbons (Fsp3) is 0.158. The molecule has 0 aliphatic carbocycles. The van der Waals surface area contributed by atoms with Gasteiger partial charge in [-0.05, 0) is 29.8 Å². The molecular formula is C19H17N3O2. The molecule has 2 aromatic carbocycles. The van der Waals surface area contributed by atoms with Crippen LogP contribution in [0.3, 0.4) is 0 Å². The van der Waals surface area contributed by atoms with E-state index in [2.05, 4.69) is 10.4 Å². The molecule has 1 amide bonds. The first-order valence-corrected chi connectivity index (χ1v) is 7.90. The first-order chi connectivity index (χ1) is 11.8. The number of carbonyl (C=O) groups excluding carboxylic acids is 1. The molecule has 0 radical (unpaired) electrons. The van der Waals surface area contributed by atoms with Gasteiger partial charge >= 0.3 is 0 Å². The molecule has 0 fully saturated rings. The Morgan fingerprint density at radius 1 is 1.17 bits per heavy atom. The molecule has 0 bridgehead atoms. The van der Waals surface area contributed by atoms with Gasteiger partial charge in [-0.3, -0.25) is 4.79 Å². The zero-order valence-electron chi connectivity index (χ0n) is 13.1. The lowest BCUT2D eigenvalue weighted by atomic mass is 10.0. The number of hydrogen-bond acceptors (Lipinski definition) is 3. The standard InChI is InChI=1S/C19H17N3O2/c23-19(17-13-24-18-5-2-1-4-16(17)18)20-12-14-6-8-15(9-7-14)22-11-3-10-21-22/h1-11,17H,12-13H2,(H,20,23)/t17-/m1/s1. The molecule has 1 aromatic heterocycles. The van der Waals surface area contributed by atoms with Gasteiger partial charge in [-0.15, -0.1) is 0 Å². The number of benzene rings is 2. The smallest absolute Gasteiger partial charge is 0.231 e. The summed E-state index contributed by atoms with van der Waals surface area (Å²) in [5, 5.41) is 7.19. The van der Waals surface area contributed by atoms with Gasteiger partial charge in [-0.1, -0.05) is 30.3 Å². The number of ether oxygens (including phenoxy) is 1. The normalized spacial score (nSPS) is 15.6. The zero-order chi connectivity index (χ0) is 16.4. The van der Waals surface area contributed by atoms with Gasteiger partial charge in [-0.2, -0.15) is 5.10 Å². The van der Waals surface area contributed by atoms with E-state index < -0.39 is 0 Å². The van der Waals surface area contributed by atoms with E-state index >= 15 is 0 Å². The highest BCUT2D eigenvalue weighted by Crippen LogP contribution is 2.33. The minimum atomic E-state index is -0.232. The van der Waals surface area contributed by atoms with Crippen LogP contribution in [0, 0.1) is 0 Å². The van der Waals surface area contributed by atoms with E-state index in [1.165, 1.54) is 0 Å². The summed E-state index contributed by atoms with van der Waals surface area (Å²) < 4.78 is 7.37. The maximum absolute atomic E-state index is 12.4. The quantitative estimate of drug-likeness (QED) is 0.804. The van der Waals surface area contributed by atoms with Crippen molar-refractivity contribution in [1.29, 1.82) is 0 Å². The van der Waals surface area contributed by atoms with Gasteiger partial charge in [0.25, 0.3) is 0 Å². The molecule has 4 rings (SSSR count). The van der Waals surface area contributed by atoms with Crippen LogP contribution in [0.5, 0.6) is 5.75 Å². The highest BCUT2D eigenvalue weighted by Gasteiger charge is 2.29. The Hall–Kier alpha value is -3.08. The monoisotopic (exact) mass is 319 g/mol. The first-order valence-electron chi connectivity index (χ1n) is 7.90. The van der Waals surface area contributed by atoms with E-state index in [4.69, 9.17) is 4.74 Å². The fourth-order valence-electron chi connectivity index (χ4n) is 2.88. The van der Waals surface area contributed by atoms with E-state index in [1.54, 1.807) is 10.9 Å². The predicted molar refractivity (Wildman–Crippen MR) is 90.1 cm³/mol. The van der Waals surface area contributed by atoms with Crippen molar-refractivity contribution in [3.63, 3.8) is 0 Å². The number of hydrogen-bond donors (Lipinski definition) is 1. The lowest BCUT2D eigenvalue weighted by molar-refractivity contribution is -0.122. The van der Waals surface area contributed by atoms with Crippen LogP contribution in [0.1, 0.15) is 17.0 Å². The van der Waals surface area contributed by atoms with Crippen molar-refractivity contribution in [2.75, 3.05) is 6.61 Å². The van der Waals surface area contributed by atoms with Gasteiger partial charge in [0.05, 0.1) is 5.69 Å². The second-order valence-electron chi connectivity index (χ2n) is 5.74. The van der Waals surface area contributed by atoms with Crippen molar-refractivity contribution < 1.29 is 9.53 Å². The Morgan fingerprint density at radius 2 is 2.00 bits per heavy atom. The molecular weight excluding hydrogens is 302 g/mol. The lowest BCUT2D eigenvalue weighted by Gasteiger charge is -2.11. The highest BCUT2D eigenvalue weighted by molar-refractivity contribution is 5.85. The first kappa shape index (κ1) is 14.5. The maximum Gasteiger partial charge on any atom is 0.231 e. The Morgan fingerprint density at radius 3 is 2.79 bits per heavy atom. The van der Waals surface area contributed by atoms with Crippen LogP contribution in [0.2, 0.25) is 0 Å². The van der Waals surface area contributed by atoms with Crippen molar-refractivity contribution in [2.45, 2.75) is 12.5 Å². The van der Waals surface area contributed by atoms with Crippen molar-refractivity contribution in [2.24, 2.45) is 0 Å². The third-order valence-corrected chi connectivity index (χ3v) is 4.19. The summed E-state index contributed by atoms with van der Waals surface area (Å²) in [5.41, 5.74) is 3.00. The summed E-state index contributed by atoms with van der Waals surface area (Å²) in [5.74, 6) is 0.571. The Bertz CT molecular complexity index is 841. The third kappa shape index (κ3) is 2.76. The summed E-state index contributed by atoms with van der Waals surface area (Å²) >= 11 is 0. The van der Waals surface area contributed by atoms with Gasteiger partial charge in [-0.25, -0.2) is 4.68 Å². The number of nitrogens with one attached hydrogen (secondary N) is 1. The molecule has 24 heavy (non-hydrogen) atoms. The van der Waals surface area contributed by atoms with Crippen LogP contribution in [0.15, 0.2) is 67.0 Å². The lowest BCUT2D eigenvalue weighted by Crippen LogP contribution is -2.29. The molecule has 1 N–H and O–H groups in total. The minimum Gasteiger partial charge on any atom is -0.492 e. The second kappa shape index (κ2) is 6.20. The van der Waals surface area contributed by atoms with E-state index in [0.29, 0.717) is 13.2 Å². The molecule has 1 atom stereocenters. The number of fused-ring (bicyclic) bond motifs is 1. The van der Waals surface area contributed by atoms with Gasteiger partial charge in [0.2, 0.25) is 5.91 Å². The van der Waals surface area contributed by atoms with E-state index in [-0.39, 0.29) is 11.8 Å². The average Bonchev–Trinajstić information content (AvgIpc) is 3.30. The fourth-order valence-corrected chi connectivity index (χ4v) is 2.88. The van der Waals surface area contributed by atoms with E-state index in [1.807, 2.05) is 60.8 Å². The molecule has 1 aliphatic rings. The van der Waals surface area contributed by atoms with Crippen LogP contribution >= 0.6 is 0 Å². The molecule has 5 nitrogen and oxygen atoms in total. The van der Waals surface area contributed by atoms with Crippen molar-refractivity contribution in [3.8, 4) is 11.4 Å². The number of carbonyl (C=O) groups is 1. The van der Waals surface area contributed by atoms with Gasteiger partial charge < -0.3 is 10.1 Å². The van der Waals surface area contributed by atoms with Gasteiger partial charge in [0, 0.05) is 24.5 Å². The van der Waals surface area contributed by atoms with Crippen molar-refractivity contribution in [1.82, 2.24) is 15.1 Å². The molecule has 0 saturated carbocycles. The van der Waals surface area contributed by atoms with E-state index in [0.717, 1.165) is 22.6 Å².